The Morgan fingerprint density at radius 1 is 0.732 bits per heavy atom. The van der Waals surface area contributed by atoms with E-state index in [0.717, 1.165) is 12.8 Å². The second kappa shape index (κ2) is 22.0. The molecule has 0 spiro atoms. The summed E-state index contributed by atoms with van der Waals surface area (Å²) in [6.07, 6.45) is 6.72. The van der Waals surface area contributed by atoms with E-state index in [-0.39, 0.29) is 58.8 Å². The van der Waals surface area contributed by atoms with Gasteiger partial charge in [-0.2, -0.15) is 0 Å². The maximum absolute atomic E-state index is 13.5. The van der Waals surface area contributed by atoms with Gasteiger partial charge in [0.25, 0.3) is 0 Å². The molecule has 0 fully saturated rings. The first-order chi connectivity index (χ1) is 26.2. The SMILES string of the molecule is CC.CC(C)(CN)COCC(C)(C)CNC(=O)CCC(C)(CCC(=O)NCC(C)(C)COCC(C)(C)CN)NC(=O)OCC1C2=C(CCC=C2)c2ccccc21. The fourth-order valence-corrected chi connectivity index (χ4v) is 6.47. The monoisotopic (exact) mass is 784 g/mol. The number of nitrogens with one attached hydrogen (secondary N) is 3. The number of nitrogens with two attached hydrogens (primary N) is 2. The first kappa shape index (κ1) is 48.9. The van der Waals surface area contributed by atoms with Gasteiger partial charge in [0.05, 0.1) is 26.4 Å². The van der Waals surface area contributed by atoms with Gasteiger partial charge < -0.3 is 41.6 Å². The Balaban J connectivity index is 0.00000532. The summed E-state index contributed by atoms with van der Waals surface area (Å²) in [5.41, 5.74) is 14.9. The Labute approximate surface area is 338 Å². The molecule has 0 saturated heterocycles. The molecule has 3 amide bonds. The highest BCUT2D eigenvalue weighted by Gasteiger charge is 2.34. The van der Waals surface area contributed by atoms with E-state index in [1.54, 1.807) is 0 Å². The van der Waals surface area contributed by atoms with Gasteiger partial charge in [-0.05, 0) is 68.0 Å². The molecule has 1 unspecified atom stereocenters. The number of fused-ring (bicyclic) bond motifs is 2. The highest BCUT2D eigenvalue weighted by Crippen LogP contribution is 2.46. The van der Waals surface area contributed by atoms with Crippen molar-refractivity contribution >= 4 is 23.5 Å². The largest absolute Gasteiger partial charge is 0.449 e. The second-order valence-corrected chi connectivity index (χ2v) is 18.9. The molecule has 0 aromatic heterocycles. The van der Waals surface area contributed by atoms with Crippen LogP contribution in [0.3, 0.4) is 0 Å². The molecule has 7 N–H and O–H groups in total. The predicted molar refractivity (Wildman–Crippen MR) is 228 cm³/mol. The molecule has 56 heavy (non-hydrogen) atoms. The molecule has 0 bridgehead atoms. The van der Waals surface area contributed by atoms with Gasteiger partial charge >= 0.3 is 6.09 Å². The summed E-state index contributed by atoms with van der Waals surface area (Å²) in [4.78, 5) is 39.8. The number of alkyl carbamates (subject to hydrolysis) is 1. The average molecular weight is 784 g/mol. The maximum Gasteiger partial charge on any atom is 0.407 e. The van der Waals surface area contributed by atoms with Crippen LogP contribution in [0.25, 0.3) is 5.57 Å². The number of allylic oxidation sites excluding steroid dienone is 3. The molecule has 0 saturated carbocycles. The second-order valence-electron chi connectivity index (χ2n) is 18.9. The zero-order valence-corrected chi connectivity index (χ0v) is 36.8. The third kappa shape index (κ3) is 16.7. The summed E-state index contributed by atoms with van der Waals surface area (Å²) in [6.45, 7) is 26.4. The van der Waals surface area contributed by atoms with Crippen LogP contribution in [0.4, 0.5) is 4.79 Å². The van der Waals surface area contributed by atoms with E-state index in [0.29, 0.717) is 65.4 Å². The predicted octanol–water partition coefficient (Wildman–Crippen LogP) is 7.25. The van der Waals surface area contributed by atoms with Crippen molar-refractivity contribution in [3.8, 4) is 0 Å². The van der Waals surface area contributed by atoms with Crippen LogP contribution >= 0.6 is 0 Å². The molecule has 3 rings (SSSR count). The van der Waals surface area contributed by atoms with E-state index in [1.165, 1.54) is 22.3 Å². The van der Waals surface area contributed by atoms with Crippen molar-refractivity contribution in [1.29, 1.82) is 0 Å². The molecule has 2 aliphatic carbocycles. The van der Waals surface area contributed by atoms with Gasteiger partial charge in [0.15, 0.2) is 0 Å². The fourth-order valence-electron chi connectivity index (χ4n) is 6.47. The van der Waals surface area contributed by atoms with Crippen molar-refractivity contribution in [2.24, 2.45) is 33.1 Å². The summed E-state index contributed by atoms with van der Waals surface area (Å²) in [6, 6.07) is 8.32. The Kier molecular flexibility index (Phi) is 19.3. The lowest BCUT2D eigenvalue weighted by Crippen LogP contribution is -2.48. The fraction of sp³-hybridized carbons (Fsp3) is 0.711. The maximum atomic E-state index is 13.5. The van der Waals surface area contributed by atoms with Gasteiger partial charge in [0, 0.05) is 59.0 Å². The van der Waals surface area contributed by atoms with Gasteiger partial charge in [0.1, 0.15) is 6.61 Å². The minimum atomic E-state index is -0.882. The van der Waals surface area contributed by atoms with Crippen molar-refractivity contribution in [2.45, 2.75) is 126 Å². The highest BCUT2D eigenvalue weighted by molar-refractivity contribution is 5.82. The number of hydrogen-bond acceptors (Lipinski definition) is 8. The first-order valence-electron chi connectivity index (χ1n) is 20.7. The lowest BCUT2D eigenvalue weighted by atomic mass is 9.89. The number of ether oxygens (including phenoxy) is 3. The number of amides is 3. The zero-order chi connectivity index (χ0) is 42.2. The van der Waals surface area contributed by atoms with E-state index >= 15 is 0 Å². The van der Waals surface area contributed by atoms with Gasteiger partial charge in [-0.1, -0.05) is 106 Å². The van der Waals surface area contributed by atoms with Crippen molar-refractivity contribution in [3.63, 3.8) is 0 Å². The molecule has 0 radical (unpaired) electrons. The van der Waals surface area contributed by atoms with E-state index in [4.69, 9.17) is 25.7 Å². The number of carbonyl (C=O) groups excluding carboxylic acids is 3. The molecule has 0 aliphatic heterocycles. The number of carbonyl (C=O) groups is 3. The Hall–Kier alpha value is -3.25. The third-order valence-corrected chi connectivity index (χ3v) is 10.4. The number of rotatable bonds is 23. The number of hydrogen-bond donors (Lipinski definition) is 5. The van der Waals surface area contributed by atoms with Crippen LogP contribution in [0.1, 0.15) is 132 Å². The molecule has 1 aromatic carbocycles. The Morgan fingerprint density at radius 3 is 1.71 bits per heavy atom. The van der Waals surface area contributed by atoms with Crippen LogP contribution in [0.2, 0.25) is 0 Å². The lowest BCUT2D eigenvalue weighted by Gasteiger charge is -2.32. The van der Waals surface area contributed by atoms with Gasteiger partial charge in [0.2, 0.25) is 11.8 Å². The third-order valence-electron chi connectivity index (χ3n) is 10.4. The van der Waals surface area contributed by atoms with E-state index in [2.05, 4.69) is 67.9 Å². The van der Waals surface area contributed by atoms with Crippen LogP contribution in [-0.2, 0) is 23.8 Å². The molecule has 0 heterocycles. The normalized spacial score (nSPS) is 15.7. The Bertz CT molecular complexity index is 1430. The quantitative estimate of drug-likeness (QED) is 0.0774. The number of benzene rings is 1. The van der Waals surface area contributed by atoms with Gasteiger partial charge in [-0.25, -0.2) is 4.79 Å². The van der Waals surface area contributed by atoms with Gasteiger partial charge in [-0.15, -0.1) is 0 Å². The summed E-state index contributed by atoms with van der Waals surface area (Å²) < 4.78 is 17.8. The zero-order valence-electron chi connectivity index (χ0n) is 36.8. The lowest BCUT2D eigenvalue weighted by molar-refractivity contribution is -0.122. The van der Waals surface area contributed by atoms with Crippen LogP contribution < -0.4 is 27.4 Å². The van der Waals surface area contributed by atoms with Crippen LogP contribution in [-0.4, -0.2) is 82.7 Å². The van der Waals surface area contributed by atoms with Crippen molar-refractivity contribution in [3.05, 3.63) is 53.1 Å². The smallest absolute Gasteiger partial charge is 0.407 e. The molecule has 11 heteroatoms. The van der Waals surface area contributed by atoms with Gasteiger partial charge in [-0.3, -0.25) is 9.59 Å². The van der Waals surface area contributed by atoms with Crippen LogP contribution in [0, 0.1) is 21.7 Å². The molecule has 2 aliphatic rings. The van der Waals surface area contributed by atoms with Crippen LogP contribution in [0.5, 0.6) is 0 Å². The topological polar surface area (TPSA) is 167 Å². The summed E-state index contributed by atoms with van der Waals surface area (Å²) in [5, 5.41) is 9.13. The molecule has 318 valence electrons. The van der Waals surface area contributed by atoms with E-state index < -0.39 is 11.6 Å². The van der Waals surface area contributed by atoms with Crippen molar-refractivity contribution in [1.82, 2.24) is 16.0 Å². The molecule has 1 atom stereocenters. The molecule has 11 nitrogen and oxygen atoms in total. The first-order valence-corrected chi connectivity index (χ1v) is 20.7. The highest BCUT2D eigenvalue weighted by atomic mass is 16.5. The van der Waals surface area contributed by atoms with E-state index in [1.807, 2.05) is 60.6 Å². The standard InChI is InChI=1S/C43H71N5O6.C2H6/c1-39(2,23-44)27-52-29-41(5,6)25-46-36(49)18-20-43(9,21-19-37(50)47-26-42(7,8)30-53-28-40(3,4)24-45)48-38(51)54-22-35-33-16-12-10-14-31(33)32-15-11-13-17-34(32)35;1-2/h10,12-14,16-17,35H,11,15,18-30,44-45H2,1-9H3,(H,46,49)(H,47,50)(H,48,51);1-2H3. The minimum absolute atomic E-state index is 0.0382. The van der Waals surface area contributed by atoms with Crippen molar-refractivity contribution in [2.75, 3.05) is 59.2 Å². The van der Waals surface area contributed by atoms with E-state index in [9.17, 15) is 14.4 Å². The van der Waals surface area contributed by atoms with Crippen LogP contribution in [0.15, 0.2) is 42.0 Å². The Morgan fingerprint density at radius 2 is 1.21 bits per heavy atom. The average Bonchev–Trinajstić information content (AvgIpc) is 3.48. The van der Waals surface area contributed by atoms with Crippen molar-refractivity contribution < 1.29 is 28.6 Å². The minimum Gasteiger partial charge on any atom is -0.449 e. The molecule has 1 aromatic rings. The summed E-state index contributed by atoms with van der Waals surface area (Å²) in [7, 11) is 0. The molecular formula is C45H77N5O6. The summed E-state index contributed by atoms with van der Waals surface area (Å²) >= 11 is 0. The molecular weight excluding hydrogens is 707 g/mol. The summed E-state index contributed by atoms with van der Waals surface area (Å²) in [5.74, 6) is -0.312.